The van der Waals surface area contributed by atoms with Gasteiger partial charge in [0.25, 0.3) is 0 Å². The standard InChI is InChI=1S/C26H43N7O11/c27-12-2-1-4-15(30-22(39)14-5-3-13-29-14)23(40)31-16(6-9-19(28)34)24(41)32-17(7-10-20(35)36)25(42)33-18(26(43)44)8-11-21(37)38/h14-18,29H,1-13,27H2,(H2,28,34)(H,30,39)(H,31,40)(H,32,41)(H,33,42)(H,35,36)(H,37,38)(H,43,44)/t14-,15-,16-,17-,18-/m0/s1. The van der Waals surface area contributed by atoms with Crippen LogP contribution in [0.3, 0.4) is 0 Å². The molecule has 18 nitrogen and oxygen atoms in total. The SMILES string of the molecule is NCCCC[C@H](NC(=O)[C@@H]1CCCN1)C(=O)N[C@@H](CCC(N)=O)C(=O)N[C@@H](CCC(=O)O)C(=O)N[C@@H](CCC(=O)O)C(=O)O. The molecule has 1 rings (SSSR count). The number of carbonyl (C=O) groups excluding carboxylic acids is 5. The molecule has 18 heteroatoms. The summed E-state index contributed by atoms with van der Waals surface area (Å²) in [6, 6.07) is -6.28. The van der Waals surface area contributed by atoms with Crippen molar-refractivity contribution in [3.63, 3.8) is 0 Å². The minimum atomic E-state index is -1.65. The molecule has 5 atom stereocenters. The van der Waals surface area contributed by atoms with Gasteiger partial charge in [-0.3, -0.25) is 33.6 Å². The van der Waals surface area contributed by atoms with Crippen LogP contribution in [-0.2, 0) is 38.4 Å². The molecule has 12 N–H and O–H groups in total. The largest absolute Gasteiger partial charge is 0.481 e. The van der Waals surface area contributed by atoms with Crippen LogP contribution in [0.25, 0.3) is 0 Å². The first-order valence-electron chi connectivity index (χ1n) is 14.3. The second-order valence-electron chi connectivity index (χ2n) is 10.4. The van der Waals surface area contributed by atoms with Crippen molar-refractivity contribution in [3.8, 4) is 0 Å². The molecule has 0 saturated carbocycles. The first-order valence-corrected chi connectivity index (χ1v) is 14.3. The lowest BCUT2D eigenvalue weighted by Gasteiger charge is -2.26. The molecule has 44 heavy (non-hydrogen) atoms. The van der Waals surface area contributed by atoms with Gasteiger partial charge in [0, 0.05) is 19.3 Å². The van der Waals surface area contributed by atoms with Crippen LogP contribution in [0.4, 0.5) is 0 Å². The Morgan fingerprint density at radius 1 is 0.682 bits per heavy atom. The van der Waals surface area contributed by atoms with E-state index < -0.39 is 103 Å². The van der Waals surface area contributed by atoms with E-state index in [1.54, 1.807) is 0 Å². The van der Waals surface area contributed by atoms with E-state index in [9.17, 15) is 43.5 Å². The van der Waals surface area contributed by atoms with Crippen LogP contribution in [0, 0.1) is 0 Å². The Bertz CT molecular complexity index is 1050. The van der Waals surface area contributed by atoms with E-state index in [-0.39, 0.29) is 19.3 Å². The normalized spacial score (nSPS) is 16.9. The van der Waals surface area contributed by atoms with E-state index in [1.807, 2.05) is 0 Å². The van der Waals surface area contributed by atoms with Gasteiger partial charge >= 0.3 is 17.9 Å². The van der Waals surface area contributed by atoms with Crippen LogP contribution < -0.4 is 38.1 Å². The van der Waals surface area contributed by atoms with Crippen molar-refractivity contribution in [2.75, 3.05) is 13.1 Å². The zero-order valence-corrected chi connectivity index (χ0v) is 24.3. The molecule has 0 unspecified atom stereocenters. The zero-order chi connectivity index (χ0) is 33.2. The lowest BCUT2D eigenvalue weighted by atomic mass is 10.0. The number of unbranched alkanes of at least 4 members (excludes halogenated alkanes) is 1. The number of nitrogens with two attached hydrogens (primary N) is 2. The summed E-state index contributed by atoms with van der Waals surface area (Å²) in [5, 5.41) is 39.8. The first kappa shape index (κ1) is 37.7. The summed E-state index contributed by atoms with van der Waals surface area (Å²) in [4.78, 5) is 97.3. The van der Waals surface area contributed by atoms with Gasteiger partial charge in [-0.1, -0.05) is 0 Å². The highest BCUT2D eigenvalue weighted by Gasteiger charge is 2.33. The maximum absolute atomic E-state index is 13.3. The number of primary amides is 1. The van der Waals surface area contributed by atoms with Crippen molar-refractivity contribution >= 4 is 47.4 Å². The van der Waals surface area contributed by atoms with Gasteiger partial charge in [0.1, 0.15) is 24.2 Å². The first-order chi connectivity index (χ1) is 20.7. The Morgan fingerprint density at radius 2 is 1.16 bits per heavy atom. The number of aliphatic carboxylic acids is 3. The predicted octanol–water partition coefficient (Wildman–Crippen LogP) is -3.11. The Kier molecular flexibility index (Phi) is 17.0. The van der Waals surface area contributed by atoms with Crippen LogP contribution >= 0.6 is 0 Å². The van der Waals surface area contributed by atoms with Crippen molar-refractivity contribution in [1.29, 1.82) is 0 Å². The summed E-state index contributed by atoms with van der Waals surface area (Å²) in [6.45, 7) is 0.982. The minimum absolute atomic E-state index is 0.183. The monoisotopic (exact) mass is 629 g/mol. The second kappa shape index (κ2) is 19.8. The fourth-order valence-corrected chi connectivity index (χ4v) is 4.38. The van der Waals surface area contributed by atoms with Crippen molar-refractivity contribution in [3.05, 3.63) is 0 Å². The summed E-state index contributed by atoms with van der Waals surface area (Å²) in [5.74, 6) is -8.28. The Labute approximate surface area is 253 Å². The maximum atomic E-state index is 13.3. The fraction of sp³-hybridized carbons (Fsp3) is 0.692. The number of rotatable bonds is 22. The molecule has 1 aliphatic rings. The smallest absolute Gasteiger partial charge is 0.326 e. The third kappa shape index (κ3) is 14.7. The quantitative estimate of drug-likeness (QED) is 0.0531. The molecule has 0 radical (unpaired) electrons. The molecule has 248 valence electrons. The van der Waals surface area contributed by atoms with Crippen molar-refractivity contribution in [2.24, 2.45) is 11.5 Å². The van der Waals surface area contributed by atoms with Crippen molar-refractivity contribution < 1.29 is 53.7 Å². The zero-order valence-electron chi connectivity index (χ0n) is 24.3. The number of carbonyl (C=O) groups is 8. The van der Waals surface area contributed by atoms with Gasteiger partial charge in [0.15, 0.2) is 0 Å². The van der Waals surface area contributed by atoms with Crippen molar-refractivity contribution in [2.45, 2.75) is 101 Å². The molecule has 0 aromatic rings. The number of carboxylic acids is 3. The summed E-state index contributed by atoms with van der Waals surface area (Å²) >= 11 is 0. The molecule has 0 spiro atoms. The molecular weight excluding hydrogens is 586 g/mol. The summed E-state index contributed by atoms with van der Waals surface area (Å²) < 4.78 is 0. The molecule has 0 bridgehead atoms. The highest BCUT2D eigenvalue weighted by atomic mass is 16.4. The predicted molar refractivity (Wildman–Crippen MR) is 151 cm³/mol. The molecule has 0 aliphatic carbocycles. The van der Waals surface area contributed by atoms with Crippen LogP contribution in [0.15, 0.2) is 0 Å². The van der Waals surface area contributed by atoms with Crippen LogP contribution in [0.1, 0.15) is 70.6 Å². The molecule has 0 aromatic carbocycles. The molecule has 1 heterocycles. The lowest BCUT2D eigenvalue weighted by molar-refractivity contribution is -0.144. The average molecular weight is 630 g/mol. The van der Waals surface area contributed by atoms with Gasteiger partial charge in [0.2, 0.25) is 29.5 Å². The van der Waals surface area contributed by atoms with E-state index >= 15 is 0 Å². The molecule has 1 aliphatic heterocycles. The minimum Gasteiger partial charge on any atom is -0.481 e. The van der Waals surface area contributed by atoms with E-state index in [0.29, 0.717) is 32.4 Å². The van der Waals surface area contributed by atoms with Gasteiger partial charge < -0.3 is 53.4 Å². The van der Waals surface area contributed by atoms with Gasteiger partial charge in [-0.2, -0.15) is 0 Å². The maximum Gasteiger partial charge on any atom is 0.326 e. The Hall–Kier alpha value is -4.32. The van der Waals surface area contributed by atoms with Crippen LogP contribution in [0.5, 0.6) is 0 Å². The number of nitrogens with one attached hydrogen (secondary N) is 5. The number of hydrogen-bond acceptors (Lipinski definition) is 10. The van der Waals surface area contributed by atoms with Gasteiger partial charge in [-0.25, -0.2) is 4.79 Å². The Balaban J connectivity index is 3.14. The summed E-state index contributed by atoms with van der Waals surface area (Å²) in [6.07, 6.45) is -0.304. The summed E-state index contributed by atoms with van der Waals surface area (Å²) in [7, 11) is 0. The molecule has 5 amide bonds. The second-order valence-corrected chi connectivity index (χ2v) is 10.4. The van der Waals surface area contributed by atoms with Gasteiger partial charge in [-0.15, -0.1) is 0 Å². The lowest BCUT2D eigenvalue weighted by Crippen LogP contribution is -2.58. The van der Waals surface area contributed by atoms with Crippen LogP contribution in [0.2, 0.25) is 0 Å². The number of hydrogen-bond donors (Lipinski definition) is 10. The summed E-state index contributed by atoms with van der Waals surface area (Å²) in [5.41, 5.74) is 10.8. The fourth-order valence-electron chi connectivity index (χ4n) is 4.38. The van der Waals surface area contributed by atoms with E-state index in [1.165, 1.54) is 0 Å². The highest BCUT2D eigenvalue weighted by Crippen LogP contribution is 2.09. The van der Waals surface area contributed by atoms with Crippen molar-refractivity contribution in [1.82, 2.24) is 26.6 Å². The van der Waals surface area contributed by atoms with E-state index in [2.05, 4.69) is 26.6 Å². The number of carboxylic acid groups (broad SMARTS) is 3. The topological polar surface area (TPSA) is 309 Å². The van der Waals surface area contributed by atoms with Gasteiger partial charge in [-0.05, 0) is 64.5 Å². The molecule has 0 aromatic heterocycles. The number of amides is 5. The Morgan fingerprint density at radius 3 is 1.59 bits per heavy atom. The third-order valence-electron chi connectivity index (χ3n) is 6.81. The van der Waals surface area contributed by atoms with Crippen LogP contribution in [-0.4, -0.2) is 106 Å². The van der Waals surface area contributed by atoms with Gasteiger partial charge in [0.05, 0.1) is 6.04 Å². The third-order valence-corrected chi connectivity index (χ3v) is 6.81. The molecule has 1 saturated heterocycles. The van der Waals surface area contributed by atoms with E-state index in [4.69, 9.17) is 21.7 Å². The van der Waals surface area contributed by atoms with E-state index in [0.717, 1.165) is 6.42 Å². The highest BCUT2D eigenvalue weighted by molar-refractivity contribution is 5.96. The average Bonchev–Trinajstić information content (AvgIpc) is 3.49. The molecular formula is C26H43N7O11. The molecule has 1 fully saturated rings.